The average Bonchev–Trinajstić information content (AvgIpc) is 2.44. The summed E-state index contributed by atoms with van der Waals surface area (Å²) < 4.78 is 39.3. The summed E-state index contributed by atoms with van der Waals surface area (Å²) in [5.74, 6) is -0.675. The minimum absolute atomic E-state index is 0.0781. The predicted octanol–water partition coefficient (Wildman–Crippen LogP) is 4.84. The predicted molar refractivity (Wildman–Crippen MR) is 78.4 cm³/mol. The number of alkyl halides is 3. The number of halogens is 4. The molecule has 110 valence electrons. The maximum atomic E-state index is 12.8. The minimum atomic E-state index is -4.56. The van der Waals surface area contributed by atoms with Crippen molar-refractivity contribution in [2.45, 2.75) is 11.1 Å². The van der Waals surface area contributed by atoms with Crippen LogP contribution in [0.3, 0.4) is 0 Å². The number of benzene rings is 1. The number of rotatable bonds is 4. The standard InChI is InChI=1S/C14H9BrF3NOS/c15-9-2-1-3-10(6-9)21-8-13(20)11-7-19-5-4-12(11)14(16,17)18/h1-7H,8H2. The third-order valence-electron chi connectivity index (χ3n) is 2.59. The molecule has 1 heterocycles. The summed E-state index contributed by atoms with van der Waals surface area (Å²) in [4.78, 5) is 16.4. The van der Waals surface area contributed by atoms with E-state index in [0.29, 0.717) is 0 Å². The highest BCUT2D eigenvalue weighted by atomic mass is 79.9. The quantitative estimate of drug-likeness (QED) is 0.565. The van der Waals surface area contributed by atoms with E-state index in [0.717, 1.165) is 27.8 Å². The van der Waals surface area contributed by atoms with Crippen molar-refractivity contribution in [1.82, 2.24) is 4.98 Å². The second-order valence-electron chi connectivity index (χ2n) is 4.09. The zero-order valence-corrected chi connectivity index (χ0v) is 12.9. The largest absolute Gasteiger partial charge is 0.417 e. The van der Waals surface area contributed by atoms with Gasteiger partial charge in [-0.25, -0.2) is 0 Å². The Hall–Kier alpha value is -1.34. The Bertz CT molecular complexity index is 661. The Labute approximate surface area is 131 Å². The molecule has 7 heteroatoms. The second-order valence-corrected chi connectivity index (χ2v) is 6.05. The van der Waals surface area contributed by atoms with Crippen LogP contribution >= 0.6 is 27.7 Å². The number of hydrogen-bond donors (Lipinski definition) is 0. The van der Waals surface area contributed by atoms with Crippen LogP contribution in [0.5, 0.6) is 0 Å². The van der Waals surface area contributed by atoms with Crippen LogP contribution in [-0.2, 0) is 6.18 Å². The van der Waals surface area contributed by atoms with Gasteiger partial charge in [-0.2, -0.15) is 13.2 Å². The number of pyridine rings is 1. The number of thioether (sulfide) groups is 1. The first-order chi connectivity index (χ1) is 9.88. The molecule has 0 bridgehead atoms. The van der Waals surface area contributed by atoms with Gasteiger partial charge in [-0.1, -0.05) is 22.0 Å². The van der Waals surface area contributed by atoms with Crippen LogP contribution in [0.15, 0.2) is 52.1 Å². The van der Waals surface area contributed by atoms with E-state index in [4.69, 9.17) is 0 Å². The molecular weight excluding hydrogens is 367 g/mol. The molecule has 21 heavy (non-hydrogen) atoms. The summed E-state index contributed by atoms with van der Waals surface area (Å²) in [6.07, 6.45) is -2.57. The fraction of sp³-hybridized carbons (Fsp3) is 0.143. The zero-order chi connectivity index (χ0) is 15.5. The molecule has 0 fully saturated rings. The van der Waals surface area contributed by atoms with Crippen molar-refractivity contribution >= 4 is 33.5 Å². The Morgan fingerprint density at radius 3 is 2.71 bits per heavy atom. The molecule has 0 saturated carbocycles. The van der Waals surface area contributed by atoms with Gasteiger partial charge in [0.05, 0.1) is 11.3 Å². The van der Waals surface area contributed by atoms with Crippen LogP contribution in [0.4, 0.5) is 13.2 Å². The van der Waals surface area contributed by atoms with Crippen LogP contribution in [0, 0.1) is 0 Å². The number of hydrogen-bond acceptors (Lipinski definition) is 3. The van der Waals surface area contributed by atoms with E-state index in [1.54, 1.807) is 18.2 Å². The van der Waals surface area contributed by atoms with Gasteiger partial charge in [0.1, 0.15) is 0 Å². The van der Waals surface area contributed by atoms with Crippen LogP contribution in [0.25, 0.3) is 0 Å². The monoisotopic (exact) mass is 375 g/mol. The van der Waals surface area contributed by atoms with E-state index in [2.05, 4.69) is 20.9 Å². The molecule has 0 aliphatic rings. The summed E-state index contributed by atoms with van der Waals surface area (Å²) in [7, 11) is 0. The molecule has 0 radical (unpaired) electrons. The third-order valence-corrected chi connectivity index (χ3v) is 4.08. The number of nitrogens with zero attached hydrogens (tertiary/aromatic N) is 1. The van der Waals surface area contributed by atoms with E-state index >= 15 is 0 Å². The lowest BCUT2D eigenvalue weighted by Gasteiger charge is -2.11. The molecule has 2 rings (SSSR count). The molecular formula is C14H9BrF3NOS. The second kappa shape index (κ2) is 6.62. The first-order valence-electron chi connectivity index (χ1n) is 5.80. The van der Waals surface area contributed by atoms with E-state index in [9.17, 15) is 18.0 Å². The van der Waals surface area contributed by atoms with Crippen molar-refractivity contribution in [3.63, 3.8) is 0 Å². The molecule has 1 aromatic carbocycles. The third kappa shape index (κ3) is 4.31. The lowest BCUT2D eigenvalue weighted by Crippen LogP contribution is -2.14. The highest BCUT2D eigenvalue weighted by Crippen LogP contribution is 2.32. The molecule has 0 atom stereocenters. The van der Waals surface area contributed by atoms with Crippen molar-refractivity contribution in [3.05, 3.63) is 58.3 Å². The summed E-state index contributed by atoms with van der Waals surface area (Å²) in [5, 5.41) is 0. The summed E-state index contributed by atoms with van der Waals surface area (Å²) >= 11 is 4.48. The first kappa shape index (κ1) is 16.0. The molecule has 2 nitrogen and oxygen atoms in total. The summed E-state index contributed by atoms with van der Waals surface area (Å²) in [5.41, 5.74) is -1.34. The van der Waals surface area contributed by atoms with Gasteiger partial charge in [0, 0.05) is 27.3 Å². The van der Waals surface area contributed by atoms with E-state index in [1.807, 2.05) is 6.07 Å². The molecule has 0 unspecified atom stereocenters. The number of carbonyl (C=O) groups is 1. The highest BCUT2D eigenvalue weighted by Gasteiger charge is 2.34. The number of ketones is 1. The van der Waals surface area contributed by atoms with Crippen LogP contribution in [0.1, 0.15) is 15.9 Å². The van der Waals surface area contributed by atoms with Gasteiger partial charge in [-0.05, 0) is 24.3 Å². The average molecular weight is 376 g/mol. The Morgan fingerprint density at radius 2 is 2.05 bits per heavy atom. The molecule has 0 N–H and O–H groups in total. The Morgan fingerprint density at radius 1 is 1.29 bits per heavy atom. The van der Waals surface area contributed by atoms with Gasteiger partial charge in [0.15, 0.2) is 5.78 Å². The number of carbonyl (C=O) groups excluding carboxylic acids is 1. The minimum Gasteiger partial charge on any atom is -0.293 e. The molecule has 0 aliphatic carbocycles. The fourth-order valence-electron chi connectivity index (χ4n) is 1.65. The van der Waals surface area contributed by atoms with Crippen LogP contribution in [0.2, 0.25) is 0 Å². The van der Waals surface area contributed by atoms with Gasteiger partial charge in [0.25, 0.3) is 0 Å². The van der Waals surface area contributed by atoms with Gasteiger partial charge >= 0.3 is 6.18 Å². The van der Waals surface area contributed by atoms with Gasteiger partial charge in [-0.3, -0.25) is 9.78 Å². The summed E-state index contributed by atoms with van der Waals surface area (Å²) in [6.45, 7) is 0. The fourth-order valence-corrected chi connectivity index (χ4v) is 3.04. The van der Waals surface area contributed by atoms with Crippen molar-refractivity contribution < 1.29 is 18.0 Å². The Kier molecular flexibility index (Phi) is 5.05. The SMILES string of the molecule is O=C(CSc1cccc(Br)c1)c1cnccc1C(F)(F)F. The smallest absolute Gasteiger partial charge is 0.293 e. The maximum absolute atomic E-state index is 12.8. The molecule has 0 saturated heterocycles. The van der Waals surface area contributed by atoms with Gasteiger partial charge in [-0.15, -0.1) is 11.8 Å². The van der Waals surface area contributed by atoms with Crippen LogP contribution in [-0.4, -0.2) is 16.5 Å². The lowest BCUT2D eigenvalue weighted by molar-refractivity contribution is -0.138. The van der Waals surface area contributed by atoms with Gasteiger partial charge in [0.2, 0.25) is 0 Å². The van der Waals surface area contributed by atoms with E-state index in [1.165, 1.54) is 11.8 Å². The van der Waals surface area contributed by atoms with Crippen molar-refractivity contribution in [1.29, 1.82) is 0 Å². The topological polar surface area (TPSA) is 30.0 Å². The van der Waals surface area contributed by atoms with E-state index in [-0.39, 0.29) is 5.75 Å². The zero-order valence-electron chi connectivity index (χ0n) is 10.5. The molecule has 0 aliphatic heterocycles. The van der Waals surface area contributed by atoms with Crippen LogP contribution < -0.4 is 0 Å². The first-order valence-corrected chi connectivity index (χ1v) is 7.58. The van der Waals surface area contributed by atoms with Crippen molar-refractivity contribution in [3.8, 4) is 0 Å². The molecule has 0 spiro atoms. The van der Waals surface area contributed by atoms with E-state index < -0.39 is 23.1 Å². The highest BCUT2D eigenvalue weighted by molar-refractivity contribution is 9.10. The molecule has 0 amide bonds. The van der Waals surface area contributed by atoms with Crippen molar-refractivity contribution in [2.75, 3.05) is 5.75 Å². The maximum Gasteiger partial charge on any atom is 0.417 e. The molecule has 2 aromatic rings. The number of aromatic nitrogens is 1. The van der Waals surface area contributed by atoms with Crippen molar-refractivity contribution in [2.24, 2.45) is 0 Å². The lowest BCUT2D eigenvalue weighted by atomic mass is 10.1. The van der Waals surface area contributed by atoms with Gasteiger partial charge < -0.3 is 0 Å². The molecule has 1 aromatic heterocycles. The Balaban J connectivity index is 2.14. The summed E-state index contributed by atoms with van der Waals surface area (Å²) in [6, 6.07) is 8.02. The normalized spacial score (nSPS) is 11.4. The number of Topliss-reactive ketones (excluding diaryl/α,β-unsaturated/α-hetero) is 1.